The van der Waals surface area contributed by atoms with Crippen molar-refractivity contribution in [3.63, 3.8) is 0 Å². The van der Waals surface area contributed by atoms with E-state index in [4.69, 9.17) is 0 Å². The van der Waals surface area contributed by atoms with Crippen molar-refractivity contribution in [2.75, 3.05) is 0 Å². The molecule has 2 atom stereocenters. The number of H-pyrrole nitrogens is 1. The van der Waals surface area contributed by atoms with Gasteiger partial charge in [0.15, 0.2) is 0 Å². The Morgan fingerprint density at radius 1 is 1.30 bits per heavy atom. The number of amides is 1. The average molecular weight is 273 g/mol. The first-order valence-corrected chi connectivity index (χ1v) is 7.28. The van der Waals surface area contributed by atoms with Crippen molar-refractivity contribution in [2.24, 2.45) is 11.8 Å². The van der Waals surface area contributed by atoms with Crippen molar-refractivity contribution in [3.05, 3.63) is 30.1 Å². The van der Waals surface area contributed by atoms with Crippen molar-refractivity contribution >= 4 is 16.9 Å². The summed E-state index contributed by atoms with van der Waals surface area (Å²) >= 11 is 0. The Hall–Kier alpha value is -1.84. The maximum Gasteiger partial charge on any atom is 0.223 e. The molecule has 0 aliphatic rings. The molecule has 2 N–H and O–H groups in total. The predicted octanol–water partition coefficient (Wildman–Crippen LogP) is 3.42. The lowest BCUT2D eigenvalue weighted by Crippen LogP contribution is -2.35. The molecular weight excluding hydrogens is 250 g/mol. The van der Waals surface area contributed by atoms with Gasteiger partial charge in [0.2, 0.25) is 5.91 Å². The lowest BCUT2D eigenvalue weighted by Gasteiger charge is -2.23. The summed E-state index contributed by atoms with van der Waals surface area (Å²) in [4.78, 5) is 20.0. The summed E-state index contributed by atoms with van der Waals surface area (Å²) in [7, 11) is 0. The number of aromatic amines is 1. The Balaban J connectivity index is 2.32. The molecule has 20 heavy (non-hydrogen) atoms. The molecule has 0 bridgehead atoms. The molecule has 0 saturated carbocycles. The first-order valence-electron chi connectivity index (χ1n) is 7.28. The van der Waals surface area contributed by atoms with Crippen LogP contribution >= 0.6 is 0 Å². The molecule has 0 aliphatic heterocycles. The molecule has 1 heterocycles. The number of carbonyl (C=O) groups is 1. The molecule has 0 fully saturated rings. The van der Waals surface area contributed by atoms with Gasteiger partial charge in [-0.1, -0.05) is 46.2 Å². The highest BCUT2D eigenvalue weighted by Crippen LogP contribution is 2.24. The van der Waals surface area contributed by atoms with Gasteiger partial charge in [-0.15, -0.1) is 0 Å². The highest BCUT2D eigenvalue weighted by atomic mass is 16.1. The second-order valence-corrected chi connectivity index (χ2v) is 5.67. The van der Waals surface area contributed by atoms with Crippen LogP contribution in [0, 0.1) is 11.8 Å². The van der Waals surface area contributed by atoms with E-state index in [-0.39, 0.29) is 17.9 Å². The molecule has 0 saturated heterocycles. The maximum atomic E-state index is 12.0. The van der Waals surface area contributed by atoms with Gasteiger partial charge in [0.25, 0.3) is 0 Å². The Morgan fingerprint density at radius 2 is 2.00 bits per heavy atom. The third kappa shape index (κ3) is 3.00. The van der Waals surface area contributed by atoms with Gasteiger partial charge in [-0.2, -0.15) is 0 Å². The van der Waals surface area contributed by atoms with Crippen LogP contribution in [0.1, 0.15) is 46.0 Å². The van der Waals surface area contributed by atoms with Crippen LogP contribution < -0.4 is 5.32 Å². The Morgan fingerprint density at radius 3 is 2.60 bits per heavy atom. The second kappa shape index (κ2) is 6.07. The van der Waals surface area contributed by atoms with Crippen LogP contribution in [0.5, 0.6) is 0 Å². The summed E-state index contributed by atoms with van der Waals surface area (Å²) in [6.07, 6.45) is 0.986. The Labute approximate surface area is 120 Å². The number of aromatic nitrogens is 2. The smallest absolute Gasteiger partial charge is 0.223 e. The number of hydrogen-bond acceptors (Lipinski definition) is 2. The number of nitrogens with one attached hydrogen (secondary N) is 2. The zero-order chi connectivity index (χ0) is 14.7. The number of nitrogens with zero attached hydrogens (tertiary/aromatic N) is 1. The molecule has 0 radical (unpaired) electrons. The zero-order valence-corrected chi connectivity index (χ0v) is 12.6. The fourth-order valence-corrected chi connectivity index (χ4v) is 2.16. The highest BCUT2D eigenvalue weighted by Gasteiger charge is 2.24. The average Bonchev–Trinajstić information content (AvgIpc) is 2.86. The molecule has 2 aromatic rings. The number of fused-ring (bicyclic) bond motifs is 1. The Kier molecular flexibility index (Phi) is 4.42. The van der Waals surface area contributed by atoms with Gasteiger partial charge in [0.05, 0.1) is 17.1 Å². The quantitative estimate of drug-likeness (QED) is 0.877. The number of imidazole rings is 1. The number of carbonyl (C=O) groups excluding carboxylic acids is 1. The first kappa shape index (κ1) is 14.6. The summed E-state index contributed by atoms with van der Waals surface area (Å²) in [5, 5.41) is 3.11. The van der Waals surface area contributed by atoms with Gasteiger partial charge < -0.3 is 10.3 Å². The van der Waals surface area contributed by atoms with E-state index in [0.29, 0.717) is 5.92 Å². The molecule has 0 spiro atoms. The van der Waals surface area contributed by atoms with Gasteiger partial charge in [0, 0.05) is 5.92 Å². The normalized spacial score (nSPS) is 14.4. The standard InChI is InChI=1S/C16H23N3O/c1-5-11(4)14(19-16(20)10(2)3)15-17-12-8-6-7-9-13(12)18-15/h6-11,14H,5H2,1-4H3,(H,17,18)(H,19,20)/t11-,14+/m1/s1. The van der Waals surface area contributed by atoms with E-state index in [1.165, 1.54) is 0 Å². The van der Waals surface area contributed by atoms with Crippen LogP contribution in [0.4, 0.5) is 0 Å². The largest absolute Gasteiger partial charge is 0.346 e. The molecule has 108 valence electrons. The minimum atomic E-state index is -0.0673. The van der Waals surface area contributed by atoms with Crippen molar-refractivity contribution in [1.82, 2.24) is 15.3 Å². The van der Waals surface area contributed by atoms with Crippen molar-refractivity contribution in [1.29, 1.82) is 0 Å². The van der Waals surface area contributed by atoms with Crippen LogP contribution in [0.15, 0.2) is 24.3 Å². The fraction of sp³-hybridized carbons (Fsp3) is 0.500. The highest BCUT2D eigenvalue weighted by molar-refractivity contribution is 5.79. The summed E-state index contributed by atoms with van der Waals surface area (Å²) in [6, 6.07) is 7.87. The van der Waals surface area contributed by atoms with E-state index < -0.39 is 0 Å². The molecule has 1 aromatic heterocycles. The van der Waals surface area contributed by atoms with Gasteiger partial charge in [-0.3, -0.25) is 4.79 Å². The molecule has 2 rings (SSSR count). The lowest BCUT2D eigenvalue weighted by molar-refractivity contribution is -0.125. The van der Waals surface area contributed by atoms with Crippen LogP contribution in [0.25, 0.3) is 11.0 Å². The van der Waals surface area contributed by atoms with Crippen LogP contribution in [-0.2, 0) is 4.79 Å². The topological polar surface area (TPSA) is 57.8 Å². The zero-order valence-electron chi connectivity index (χ0n) is 12.6. The van der Waals surface area contributed by atoms with E-state index in [1.54, 1.807) is 0 Å². The van der Waals surface area contributed by atoms with Crippen molar-refractivity contribution in [3.8, 4) is 0 Å². The van der Waals surface area contributed by atoms with Gasteiger partial charge in [-0.25, -0.2) is 4.98 Å². The van der Waals surface area contributed by atoms with E-state index >= 15 is 0 Å². The van der Waals surface area contributed by atoms with Crippen LogP contribution in [-0.4, -0.2) is 15.9 Å². The molecule has 1 aromatic carbocycles. The summed E-state index contributed by atoms with van der Waals surface area (Å²) in [5.74, 6) is 1.22. The monoisotopic (exact) mass is 273 g/mol. The summed E-state index contributed by atoms with van der Waals surface area (Å²) in [5.41, 5.74) is 1.95. The van der Waals surface area contributed by atoms with Crippen LogP contribution in [0.2, 0.25) is 0 Å². The minimum absolute atomic E-state index is 0.0223. The van der Waals surface area contributed by atoms with Crippen LogP contribution in [0.3, 0.4) is 0 Å². The number of hydrogen-bond donors (Lipinski definition) is 2. The maximum absolute atomic E-state index is 12.0. The molecular formula is C16H23N3O. The number of benzene rings is 1. The molecule has 0 unspecified atom stereocenters. The summed E-state index contributed by atoms with van der Waals surface area (Å²) in [6.45, 7) is 8.07. The predicted molar refractivity (Wildman–Crippen MR) is 81.3 cm³/mol. The number of para-hydroxylation sites is 2. The Bertz CT molecular complexity index is 555. The second-order valence-electron chi connectivity index (χ2n) is 5.67. The molecule has 1 amide bonds. The van der Waals surface area contributed by atoms with Crippen molar-refractivity contribution < 1.29 is 4.79 Å². The fourth-order valence-electron chi connectivity index (χ4n) is 2.16. The molecule has 4 heteroatoms. The SMILES string of the molecule is CC[C@@H](C)[C@H](NC(=O)C(C)C)c1nc2ccccc2[nH]1. The van der Waals surface area contributed by atoms with Gasteiger partial charge in [0.1, 0.15) is 5.82 Å². The van der Waals surface area contributed by atoms with Gasteiger partial charge in [-0.05, 0) is 18.1 Å². The first-order chi connectivity index (χ1) is 9.52. The van der Waals surface area contributed by atoms with E-state index in [0.717, 1.165) is 23.3 Å². The molecule has 0 aliphatic carbocycles. The minimum Gasteiger partial charge on any atom is -0.346 e. The van der Waals surface area contributed by atoms with E-state index in [9.17, 15) is 4.79 Å². The molecule has 4 nitrogen and oxygen atoms in total. The van der Waals surface area contributed by atoms with Crippen molar-refractivity contribution in [2.45, 2.75) is 40.2 Å². The third-order valence-corrected chi connectivity index (χ3v) is 3.74. The van der Waals surface area contributed by atoms with E-state index in [2.05, 4.69) is 29.1 Å². The number of rotatable bonds is 5. The van der Waals surface area contributed by atoms with E-state index in [1.807, 2.05) is 38.1 Å². The van der Waals surface area contributed by atoms with Gasteiger partial charge >= 0.3 is 0 Å². The lowest BCUT2D eigenvalue weighted by atomic mass is 9.98. The summed E-state index contributed by atoms with van der Waals surface area (Å²) < 4.78 is 0. The third-order valence-electron chi connectivity index (χ3n) is 3.74.